The number of halogens is 2. The monoisotopic (exact) mass is 314 g/mol. The summed E-state index contributed by atoms with van der Waals surface area (Å²) in [7, 11) is 0. The van der Waals surface area contributed by atoms with Gasteiger partial charge < -0.3 is 5.32 Å². The van der Waals surface area contributed by atoms with Crippen molar-refractivity contribution in [2.24, 2.45) is 0 Å². The van der Waals surface area contributed by atoms with E-state index < -0.39 is 11.6 Å². The summed E-state index contributed by atoms with van der Waals surface area (Å²) in [6.07, 6.45) is 5.16. The predicted molar refractivity (Wildman–Crippen MR) is 83.5 cm³/mol. The van der Waals surface area contributed by atoms with E-state index in [4.69, 9.17) is 0 Å². The Hall–Kier alpha value is -2.60. The maximum Gasteiger partial charge on any atom is 0.135 e. The van der Waals surface area contributed by atoms with Crippen molar-refractivity contribution >= 4 is 0 Å². The van der Waals surface area contributed by atoms with Gasteiger partial charge in [0, 0.05) is 43.3 Å². The number of pyridine rings is 1. The molecule has 0 aliphatic rings. The first-order valence-corrected chi connectivity index (χ1v) is 7.31. The van der Waals surface area contributed by atoms with E-state index in [2.05, 4.69) is 15.4 Å². The molecule has 0 atom stereocenters. The van der Waals surface area contributed by atoms with Crippen LogP contribution in [0.3, 0.4) is 0 Å². The molecule has 2 aromatic heterocycles. The summed E-state index contributed by atoms with van der Waals surface area (Å²) in [6.45, 7) is 1.67. The van der Waals surface area contributed by atoms with E-state index in [0.717, 1.165) is 6.07 Å². The summed E-state index contributed by atoms with van der Waals surface area (Å²) >= 11 is 0. The molecular formula is C17H16F2N4. The van der Waals surface area contributed by atoms with Gasteiger partial charge in [0.05, 0.1) is 12.2 Å². The van der Waals surface area contributed by atoms with Gasteiger partial charge in [-0.1, -0.05) is 6.07 Å². The highest BCUT2D eigenvalue weighted by molar-refractivity contribution is 5.64. The molecule has 4 nitrogen and oxygen atoms in total. The Morgan fingerprint density at radius 2 is 2.00 bits per heavy atom. The number of nitrogens with one attached hydrogen (secondary N) is 1. The molecule has 0 spiro atoms. The summed E-state index contributed by atoms with van der Waals surface area (Å²) in [5, 5.41) is 7.28. The highest BCUT2D eigenvalue weighted by Gasteiger charge is 2.14. The van der Waals surface area contributed by atoms with Crippen molar-refractivity contribution in [2.75, 3.05) is 6.54 Å². The molecule has 23 heavy (non-hydrogen) atoms. The highest BCUT2D eigenvalue weighted by Crippen LogP contribution is 2.26. The van der Waals surface area contributed by atoms with Crippen molar-refractivity contribution in [3.05, 3.63) is 72.2 Å². The molecule has 3 aromatic rings. The lowest BCUT2D eigenvalue weighted by molar-refractivity contribution is 0.548. The zero-order valence-corrected chi connectivity index (χ0v) is 12.4. The topological polar surface area (TPSA) is 42.7 Å². The van der Waals surface area contributed by atoms with E-state index >= 15 is 0 Å². The zero-order chi connectivity index (χ0) is 16.1. The number of aromatic nitrogens is 3. The van der Waals surface area contributed by atoms with Gasteiger partial charge in [-0.05, 0) is 29.8 Å². The van der Waals surface area contributed by atoms with Crippen LogP contribution in [0.25, 0.3) is 11.3 Å². The van der Waals surface area contributed by atoms with Crippen LogP contribution in [0.1, 0.15) is 5.56 Å². The third kappa shape index (κ3) is 3.78. The van der Waals surface area contributed by atoms with Crippen LogP contribution in [-0.4, -0.2) is 21.3 Å². The molecule has 118 valence electrons. The normalized spacial score (nSPS) is 10.9. The molecule has 0 aliphatic carbocycles. The van der Waals surface area contributed by atoms with Crippen LogP contribution in [0, 0.1) is 11.6 Å². The minimum absolute atomic E-state index is 0.332. The summed E-state index contributed by atoms with van der Waals surface area (Å²) in [4.78, 5) is 4.16. The molecule has 0 amide bonds. The smallest absolute Gasteiger partial charge is 0.135 e. The molecule has 6 heteroatoms. The van der Waals surface area contributed by atoms with Crippen LogP contribution in [0.4, 0.5) is 8.78 Å². The average molecular weight is 314 g/mol. The first-order valence-electron chi connectivity index (χ1n) is 7.31. The predicted octanol–water partition coefficient (Wildman–Crippen LogP) is 3.01. The number of nitrogens with zero attached hydrogens (tertiary/aromatic N) is 3. The quantitative estimate of drug-likeness (QED) is 0.711. The minimum Gasteiger partial charge on any atom is -0.311 e. The zero-order valence-electron chi connectivity index (χ0n) is 12.4. The third-order valence-corrected chi connectivity index (χ3v) is 3.45. The molecule has 0 saturated carbocycles. The Bertz CT molecular complexity index is 758. The molecular weight excluding hydrogens is 298 g/mol. The summed E-state index contributed by atoms with van der Waals surface area (Å²) < 4.78 is 29.6. The molecule has 0 unspecified atom stereocenters. The van der Waals surface area contributed by atoms with Crippen molar-refractivity contribution in [1.29, 1.82) is 0 Å². The van der Waals surface area contributed by atoms with E-state index in [-0.39, 0.29) is 0 Å². The Morgan fingerprint density at radius 3 is 2.74 bits per heavy atom. The third-order valence-electron chi connectivity index (χ3n) is 3.45. The second-order valence-corrected chi connectivity index (χ2v) is 5.08. The Balaban J connectivity index is 1.75. The van der Waals surface area contributed by atoms with Crippen LogP contribution in [0.15, 0.2) is 55.0 Å². The standard InChI is InChI=1S/C17H16F2N4/c18-14-10-13(12-20-7-9-23-8-3-6-22-23)17(15(19)11-14)16-4-1-2-5-21-16/h1-6,8,10-11,20H,7,9,12H2. The molecule has 0 bridgehead atoms. The van der Waals surface area contributed by atoms with Crippen molar-refractivity contribution in [3.63, 3.8) is 0 Å². The molecule has 2 heterocycles. The van der Waals surface area contributed by atoms with Crippen molar-refractivity contribution in [3.8, 4) is 11.3 Å². The fraction of sp³-hybridized carbons (Fsp3) is 0.176. The summed E-state index contributed by atoms with van der Waals surface area (Å²) in [5.41, 5.74) is 1.37. The lowest BCUT2D eigenvalue weighted by Gasteiger charge is -2.12. The van der Waals surface area contributed by atoms with Gasteiger partial charge in [-0.3, -0.25) is 9.67 Å². The van der Waals surface area contributed by atoms with E-state index in [1.54, 1.807) is 35.3 Å². The molecule has 0 saturated heterocycles. The van der Waals surface area contributed by atoms with Gasteiger partial charge >= 0.3 is 0 Å². The van der Waals surface area contributed by atoms with Gasteiger partial charge in [0.1, 0.15) is 11.6 Å². The first-order chi connectivity index (χ1) is 11.2. The van der Waals surface area contributed by atoms with Gasteiger partial charge in [-0.2, -0.15) is 5.10 Å². The van der Waals surface area contributed by atoms with Gasteiger partial charge in [0.15, 0.2) is 0 Å². The van der Waals surface area contributed by atoms with Crippen molar-refractivity contribution < 1.29 is 8.78 Å². The molecule has 0 fully saturated rings. The highest BCUT2D eigenvalue weighted by atomic mass is 19.1. The second-order valence-electron chi connectivity index (χ2n) is 5.08. The van der Waals surface area contributed by atoms with Gasteiger partial charge in [0.25, 0.3) is 0 Å². The number of hydrogen-bond acceptors (Lipinski definition) is 3. The Kier molecular flexibility index (Phi) is 4.73. The van der Waals surface area contributed by atoms with Crippen LogP contribution >= 0.6 is 0 Å². The fourth-order valence-electron chi connectivity index (χ4n) is 2.41. The number of rotatable bonds is 6. The van der Waals surface area contributed by atoms with Gasteiger partial charge in [-0.15, -0.1) is 0 Å². The maximum atomic E-state index is 14.2. The van der Waals surface area contributed by atoms with E-state index in [1.807, 2.05) is 12.3 Å². The molecule has 1 aromatic carbocycles. The SMILES string of the molecule is Fc1cc(F)c(-c2ccccn2)c(CNCCn2cccn2)c1. The van der Waals surface area contributed by atoms with Crippen molar-refractivity contribution in [1.82, 2.24) is 20.1 Å². The maximum absolute atomic E-state index is 14.2. The number of benzene rings is 1. The minimum atomic E-state index is -0.604. The van der Waals surface area contributed by atoms with Crippen LogP contribution in [0.2, 0.25) is 0 Å². The fourth-order valence-corrected chi connectivity index (χ4v) is 2.41. The van der Waals surface area contributed by atoms with E-state index in [9.17, 15) is 8.78 Å². The Morgan fingerprint density at radius 1 is 1.09 bits per heavy atom. The van der Waals surface area contributed by atoms with E-state index in [0.29, 0.717) is 36.5 Å². The summed E-state index contributed by atoms with van der Waals surface area (Å²) in [5.74, 6) is -1.20. The molecule has 0 aliphatic heterocycles. The Labute approximate surface area is 132 Å². The lowest BCUT2D eigenvalue weighted by Crippen LogP contribution is -2.20. The first kappa shape index (κ1) is 15.3. The average Bonchev–Trinajstić information content (AvgIpc) is 3.05. The van der Waals surface area contributed by atoms with Crippen LogP contribution in [0.5, 0.6) is 0 Å². The molecule has 1 N–H and O–H groups in total. The van der Waals surface area contributed by atoms with E-state index in [1.165, 1.54) is 6.07 Å². The molecule has 3 rings (SSSR count). The van der Waals surface area contributed by atoms with Gasteiger partial charge in [-0.25, -0.2) is 8.78 Å². The van der Waals surface area contributed by atoms with Crippen LogP contribution in [-0.2, 0) is 13.1 Å². The lowest BCUT2D eigenvalue weighted by atomic mass is 10.0. The second kappa shape index (κ2) is 7.11. The largest absolute Gasteiger partial charge is 0.311 e. The van der Waals surface area contributed by atoms with Crippen molar-refractivity contribution in [2.45, 2.75) is 13.1 Å². The molecule has 0 radical (unpaired) electrons. The van der Waals surface area contributed by atoms with Crippen LogP contribution < -0.4 is 5.32 Å². The van der Waals surface area contributed by atoms with Gasteiger partial charge in [0.2, 0.25) is 0 Å². The number of hydrogen-bond donors (Lipinski definition) is 1. The summed E-state index contributed by atoms with van der Waals surface area (Å²) in [6, 6.07) is 9.32.